The van der Waals surface area contributed by atoms with Crippen molar-refractivity contribution in [2.75, 3.05) is 12.3 Å². The quantitative estimate of drug-likeness (QED) is 0.742. The highest BCUT2D eigenvalue weighted by atomic mass is 32.2. The van der Waals surface area contributed by atoms with Crippen LogP contribution in [0.15, 0.2) is 41.5 Å². The van der Waals surface area contributed by atoms with E-state index in [-0.39, 0.29) is 11.9 Å². The highest BCUT2D eigenvalue weighted by Gasteiger charge is 2.28. The average Bonchev–Trinajstić information content (AvgIpc) is 2.78. The van der Waals surface area contributed by atoms with E-state index in [1.165, 1.54) is 12.1 Å². The molecule has 82 valence electrons. The summed E-state index contributed by atoms with van der Waals surface area (Å²) in [5.74, 6) is 0.895. The molecule has 16 heavy (non-hydrogen) atoms. The molecule has 2 aliphatic heterocycles. The molecule has 0 aromatic heterocycles. The number of fused-ring (bicyclic) bond motifs is 1. The molecule has 1 fully saturated rings. The van der Waals surface area contributed by atoms with Crippen molar-refractivity contribution in [1.29, 1.82) is 0 Å². The van der Waals surface area contributed by atoms with E-state index in [2.05, 4.69) is 16.0 Å². The monoisotopic (exact) mass is 234 g/mol. The maximum absolute atomic E-state index is 12.9. The molecule has 0 N–H and O–H groups in total. The van der Waals surface area contributed by atoms with Gasteiger partial charge in [0.25, 0.3) is 0 Å². The van der Waals surface area contributed by atoms with Crippen LogP contribution in [0.25, 0.3) is 0 Å². The second kappa shape index (κ2) is 3.94. The van der Waals surface area contributed by atoms with Crippen LogP contribution in [0.1, 0.15) is 11.6 Å². The molecule has 0 bridgehead atoms. The van der Waals surface area contributed by atoms with Crippen molar-refractivity contribution >= 4 is 16.9 Å². The van der Waals surface area contributed by atoms with Crippen molar-refractivity contribution in [3.05, 3.63) is 47.9 Å². The summed E-state index contributed by atoms with van der Waals surface area (Å²) in [6, 6.07) is 6.92. The van der Waals surface area contributed by atoms with E-state index in [1.807, 2.05) is 18.3 Å². The highest BCUT2D eigenvalue weighted by Crippen LogP contribution is 2.32. The molecule has 0 amide bonds. The number of benzene rings is 1. The fourth-order valence-electron chi connectivity index (χ4n) is 2.03. The van der Waals surface area contributed by atoms with Gasteiger partial charge in [0.2, 0.25) is 0 Å². The summed E-state index contributed by atoms with van der Waals surface area (Å²) in [6.07, 6.45) is 3.90. The molecule has 0 saturated carbocycles. The third-order valence-corrected chi connectivity index (χ3v) is 3.79. The van der Waals surface area contributed by atoms with Crippen molar-refractivity contribution in [3.63, 3.8) is 0 Å². The minimum Gasteiger partial charge on any atom is -0.340 e. The first-order valence-corrected chi connectivity index (χ1v) is 6.22. The van der Waals surface area contributed by atoms with Gasteiger partial charge in [-0.05, 0) is 23.8 Å². The minimum absolute atomic E-state index is 0.187. The minimum atomic E-state index is -0.187. The Morgan fingerprint density at radius 3 is 2.94 bits per heavy atom. The van der Waals surface area contributed by atoms with Crippen LogP contribution >= 0.6 is 11.8 Å². The molecule has 0 aliphatic carbocycles. The number of nitrogens with zero attached hydrogens (tertiary/aromatic N) is 2. The zero-order valence-corrected chi connectivity index (χ0v) is 9.45. The van der Waals surface area contributed by atoms with Gasteiger partial charge in [-0.1, -0.05) is 23.9 Å². The van der Waals surface area contributed by atoms with Gasteiger partial charge in [-0.3, -0.25) is 0 Å². The van der Waals surface area contributed by atoms with Gasteiger partial charge in [-0.2, -0.15) is 0 Å². The third-order valence-electron chi connectivity index (χ3n) is 2.81. The zero-order valence-electron chi connectivity index (χ0n) is 8.64. The normalized spacial score (nSPS) is 23.2. The molecule has 0 radical (unpaired) electrons. The summed E-state index contributed by atoms with van der Waals surface area (Å²) in [6.45, 7) is 1.01. The van der Waals surface area contributed by atoms with E-state index in [1.54, 1.807) is 11.8 Å². The Balaban J connectivity index is 1.93. The zero-order chi connectivity index (χ0) is 11.0. The highest BCUT2D eigenvalue weighted by molar-refractivity contribution is 8.14. The second-order valence-corrected chi connectivity index (χ2v) is 4.85. The third kappa shape index (κ3) is 1.63. The molecule has 0 spiro atoms. The number of amidine groups is 1. The molecule has 1 saturated heterocycles. The number of thioether (sulfide) groups is 1. The van der Waals surface area contributed by atoms with Crippen LogP contribution in [-0.4, -0.2) is 22.4 Å². The van der Waals surface area contributed by atoms with Gasteiger partial charge in [0, 0.05) is 18.5 Å². The second-order valence-electron chi connectivity index (χ2n) is 3.79. The molecule has 4 heteroatoms. The van der Waals surface area contributed by atoms with Crippen molar-refractivity contribution in [2.24, 2.45) is 4.99 Å². The standard InChI is InChI=1S/C12H11FN2S/c13-10-3-1-9(2-4-10)11-5-6-14-12-15(11)7-8-16-12/h1-6,11H,7-8H2. The lowest BCUT2D eigenvalue weighted by Crippen LogP contribution is -2.30. The molecule has 2 heterocycles. The molecule has 2 nitrogen and oxygen atoms in total. The molecule has 1 atom stereocenters. The van der Waals surface area contributed by atoms with E-state index in [9.17, 15) is 4.39 Å². The molecular formula is C12H11FN2S. The molecule has 3 rings (SSSR count). The van der Waals surface area contributed by atoms with Crippen molar-refractivity contribution in [1.82, 2.24) is 4.90 Å². The summed E-state index contributed by atoms with van der Waals surface area (Å²) >= 11 is 1.78. The van der Waals surface area contributed by atoms with Crippen LogP contribution < -0.4 is 0 Å². The fraction of sp³-hybridized carbons (Fsp3) is 0.250. The van der Waals surface area contributed by atoms with E-state index in [0.717, 1.165) is 23.0 Å². The lowest BCUT2D eigenvalue weighted by atomic mass is 10.1. The van der Waals surface area contributed by atoms with E-state index >= 15 is 0 Å². The summed E-state index contributed by atoms with van der Waals surface area (Å²) in [4.78, 5) is 6.60. The summed E-state index contributed by atoms with van der Waals surface area (Å²) in [7, 11) is 0. The van der Waals surface area contributed by atoms with Gasteiger partial charge in [0.05, 0.1) is 6.04 Å². The summed E-state index contributed by atoms with van der Waals surface area (Å²) in [5.41, 5.74) is 1.12. The first kappa shape index (κ1) is 9.90. The number of hydrogen-bond acceptors (Lipinski definition) is 3. The van der Waals surface area contributed by atoms with E-state index < -0.39 is 0 Å². The van der Waals surface area contributed by atoms with Gasteiger partial charge in [0.1, 0.15) is 5.82 Å². The lowest BCUT2D eigenvalue weighted by Gasteiger charge is -2.28. The molecular weight excluding hydrogens is 223 g/mol. The molecule has 1 aromatic carbocycles. The Bertz CT molecular complexity index is 453. The topological polar surface area (TPSA) is 15.6 Å². The van der Waals surface area contributed by atoms with Crippen LogP contribution in [-0.2, 0) is 0 Å². The van der Waals surface area contributed by atoms with Crippen LogP contribution in [0.5, 0.6) is 0 Å². The van der Waals surface area contributed by atoms with E-state index in [0.29, 0.717) is 0 Å². The van der Waals surface area contributed by atoms with E-state index in [4.69, 9.17) is 0 Å². The smallest absolute Gasteiger partial charge is 0.164 e. The van der Waals surface area contributed by atoms with Gasteiger partial charge < -0.3 is 4.90 Å². The molecule has 1 unspecified atom stereocenters. The number of halogens is 1. The Kier molecular flexibility index (Phi) is 2.44. The summed E-state index contributed by atoms with van der Waals surface area (Å²) in [5, 5.41) is 1.08. The van der Waals surface area contributed by atoms with Crippen molar-refractivity contribution in [2.45, 2.75) is 6.04 Å². The Morgan fingerprint density at radius 2 is 2.12 bits per heavy atom. The van der Waals surface area contributed by atoms with Crippen molar-refractivity contribution < 1.29 is 4.39 Å². The van der Waals surface area contributed by atoms with Gasteiger partial charge in [-0.25, -0.2) is 9.38 Å². The van der Waals surface area contributed by atoms with Gasteiger partial charge in [-0.15, -0.1) is 0 Å². The predicted molar refractivity (Wildman–Crippen MR) is 64.9 cm³/mol. The van der Waals surface area contributed by atoms with Crippen LogP contribution in [0.4, 0.5) is 4.39 Å². The molecule has 1 aromatic rings. The van der Waals surface area contributed by atoms with Crippen LogP contribution in [0.2, 0.25) is 0 Å². The Morgan fingerprint density at radius 1 is 1.31 bits per heavy atom. The van der Waals surface area contributed by atoms with Crippen molar-refractivity contribution in [3.8, 4) is 0 Å². The maximum atomic E-state index is 12.9. The number of hydrogen-bond donors (Lipinski definition) is 0. The fourth-order valence-corrected chi connectivity index (χ4v) is 3.00. The SMILES string of the molecule is Fc1ccc(C2C=CN=C3SCCN32)cc1. The number of rotatable bonds is 1. The number of aliphatic imine (C=N–C) groups is 1. The lowest BCUT2D eigenvalue weighted by molar-refractivity contribution is 0.396. The Labute approximate surface area is 97.9 Å². The van der Waals surface area contributed by atoms with Gasteiger partial charge in [0.15, 0.2) is 5.17 Å². The van der Waals surface area contributed by atoms with Crippen LogP contribution in [0.3, 0.4) is 0 Å². The summed E-state index contributed by atoms with van der Waals surface area (Å²) < 4.78 is 12.9. The maximum Gasteiger partial charge on any atom is 0.164 e. The first-order valence-electron chi connectivity index (χ1n) is 5.24. The predicted octanol–water partition coefficient (Wildman–Crippen LogP) is 2.80. The van der Waals surface area contributed by atoms with Gasteiger partial charge >= 0.3 is 0 Å². The van der Waals surface area contributed by atoms with Crippen LogP contribution in [0, 0.1) is 5.82 Å². The molecule has 2 aliphatic rings. The Hall–Kier alpha value is -1.29. The first-order chi connectivity index (χ1) is 7.84. The largest absolute Gasteiger partial charge is 0.340 e. The average molecular weight is 234 g/mol.